The fraction of sp³-hybridized carbons (Fsp3) is 0.308. The number of aromatic nitrogens is 2. The van der Waals surface area contributed by atoms with Gasteiger partial charge >= 0.3 is 0 Å². The van der Waals surface area contributed by atoms with E-state index in [1.807, 2.05) is 25.1 Å². The summed E-state index contributed by atoms with van der Waals surface area (Å²) in [4.78, 5) is 0. The molecule has 0 radical (unpaired) electrons. The molecule has 3 heteroatoms. The predicted molar refractivity (Wildman–Crippen MR) is 63.7 cm³/mol. The Hall–Kier alpha value is -1.77. The molecule has 0 saturated heterocycles. The summed E-state index contributed by atoms with van der Waals surface area (Å²) in [6.07, 6.45) is 1.89. The summed E-state index contributed by atoms with van der Waals surface area (Å²) >= 11 is 0. The number of para-hydroxylation sites is 1. The van der Waals surface area contributed by atoms with Gasteiger partial charge in [-0.05, 0) is 37.5 Å². The minimum Gasteiger partial charge on any atom is -0.496 e. The molecule has 1 aromatic heterocycles. The molecule has 0 saturated carbocycles. The molecule has 1 N–H and O–H groups in total. The van der Waals surface area contributed by atoms with Crippen LogP contribution in [0, 0.1) is 6.92 Å². The monoisotopic (exact) mass is 216 g/mol. The molecule has 0 bridgehead atoms. The SMILES string of the molecule is COc1ccccc1CCc1cc(C)[nH]n1. The molecule has 0 atom stereocenters. The van der Waals surface area contributed by atoms with Gasteiger partial charge in [-0.3, -0.25) is 5.10 Å². The van der Waals surface area contributed by atoms with Crippen LogP contribution in [0.15, 0.2) is 30.3 Å². The Labute approximate surface area is 95.5 Å². The highest BCUT2D eigenvalue weighted by molar-refractivity contribution is 5.33. The van der Waals surface area contributed by atoms with Crippen LogP contribution in [0.1, 0.15) is 17.0 Å². The molecule has 0 aliphatic carbocycles. The van der Waals surface area contributed by atoms with Crippen LogP contribution in [-0.4, -0.2) is 17.3 Å². The van der Waals surface area contributed by atoms with E-state index in [0.29, 0.717) is 0 Å². The maximum atomic E-state index is 5.31. The third-order valence-corrected chi connectivity index (χ3v) is 2.60. The fourth-order valence-corrected chi connectivity index (χ4v) is 1.77. The van der Waals surface area contributed by atoms with E-state index in [4.69, 9.17) is 4.74 Å². The van der Waals surface area contributed by atoms with Crippen LogP contribution in [0.4, 0.5) is 0 Å². The van der Waals surface area contributed by atoms with Crippen molar-refractivity contribution in [1.82, 2.24) is 10.2 Å². The van der Waals surface area contributed by atoms with Gasteiger partial charge in [0.2, 0.25) is 0 Å². The summed E-state index contributed by atoms with van der Waals surface area (Å²) in [5, 5.41) is 7.17. The standard InChI is InChI=1S/C13H16N2O/c1-10-9-12(15-14-10)8-7-11-5-3-4-6-13(11)16-2/h3-6,9H,7-8H2,1-2H3,(H,14,15). The lowest BCUT2D eigenvalue weighted by molar-refractivity contribution is 0.409. The predicted octanol–water partition coefficient (Wildman–Crippen LogP) is 2.51. The van der Waals surface area contributed by atoms with Gasteiger partial charge in [-0.25, -0.2) is 0 Å². The molecule has 16 heavy (non-hydrogen) atoms. The zero-order chi connectivity index (χ0) is 11.4. The molecule has 1 heterocycles. The molecule has 84 valence electrons. The largest absolute Gasteiger partial charge is 0.496 e. The number of H-pyrrole nitrogens is 1. The summed E-state index contributed by atoms with van der Waals surface area (Å²) in [6.45, 7) is 2.01. The molecule has 2 aromatic rings. The highest BCUT2D eigenvalue weighted by Gasteiger charge is 2.03. The first-order valence-electron chi connectivity index (χ1n) is 5.42. The van der Waals surface area contributed by atoms with E-state index in [1.54, 1.807) is 7.11 Å². The summed E-state index contributed by atoms with van der Waals surface area (Å²) in [7, 11) is 1.71. The lowest BCUT2D eigenvalue weighted by Crippen LogP contribution is -1.95. The maximum absolute atomic E-state index is 5.31. The van der Waals surface area contributed by atoms with Gasteiger partial charge in [-0.15, -0.1) is 0 Å². The number of nitrogens with one attached hydrogen (secondary N) is 1. The number of methoxy groups -OCH3 is 1. The highest BCUT2D eigenvalue weighted by atomic mass is 16.5. The Morgan fingerprint density at radius 3 is 2.75 bits per heavy atom. The normalized spacial score (nSPS) is 10.4. The van der Waals surface area contributed by atoms with Gasteiger partial charge in [0.25, 0.3) is 0 Å². The molecule has 0 spiro atoms. The number of aryl methyl sites for hydroxylation is 3. The second kappa shape index (κ2) is 4.84. The zero-order valence-electron chi connectivity index (χ0n) is 9.66. The van der Waals surface area contributed by atoms with Crippen LogP contribution < -0.4 is 4.74 Å². The van der Waals surface area contributed by atoms with Crippen molar-refractivity contribution < 1.29 is 4.74 Å². The van der Waals surface area contributed by atoms with Crippen molar-refractivity contribution in [3.63, 3.8) is 0 Å². The van der Waals surface area contributed by atoms with E-state index in [2.05, 4.69) is 22.3 Å². The van der Waals surface area contributed by atoms with Gasteiger partial charge < -0.3 is 4.74 Å². The average Bonchev–Trinajstić information content (AvgIpc) is 2.73. The summed E-state index contributed by atoms with van der Waals surface area (Å²) in [5.74, 6) is 0.953. The van der Waals surface area contributed by atoms with Crippen LogP contribution in [-0.2, 0) is 12.8 Å². The van der Waals surface area contributed by atoms with E-state index in [1.165, 1.54) is 5.56 Å². The minimum absolute atomic E-state index is 0.935. The first-order valence-corrected chi connectivity index (χ1v) is 5.42. The van der Waals surface area contributed by atoms with E-state index in [0.717, 1.165) is 30.0 Å². The topological polar surface area (TPSA) is 37.9 Å². The van der Waals surface area contributed by atoms with Crippen LogP contribution in [0.5, 0.6) is 5.75 Å². The van der Waals surface area contributed by atoms with Gasteiger partial charge in [0.1, 0.15) is 5.75 Å². The van der Waals surface area contributed by atoms with Crippen molar-refractivity contribution in [2.24, 2.45) is 0 Å². The third-order valence-electron chi connectivity index (χ3n) is 2.60. The molecular formula is C13H16N2O. The fourth-order valence-electron chi connectivity index (χ4n) is 1.77. The second-order valence-corrected chi connectivity index (χ2v) is 3.85. The Morgan fingerprint density at radius 2 is 2.06 bits per heavy atom. The van der Waals surface area contributed by atoms with E-state index < -0.39 is 0 Å². The Balaban J connectivity index is 2.04. The van der Waals surface area contributed by atoms with Crippen LogP contribution in [0.2, 0.25) is 0 Å². The first-order chi connectivity index (χ1) is 7.79. The lowest BCUT2D eigenvalue weighted by atomic mass is 10.1. The number of ether oxygens (including phenoxy) is 1. The number of benzene rings is 1. The molecule has 3 nitrogen and oxygen atoms in total. The van der Waals surface area contributed by atoms with Crippen molar-refractivity contribution in [3.8, 4) is 5.75 Å². The van der Waals surface area contributed by atoms with Gasteiger partial charge in [0.05, 0.1) is 12.8 Å². The van der Waals surface area contributed by atoms with Gasteiger partial charge in [0, 0.05) is 5.69 Å². The van der Waals surface area contributed by atoms with E-state index in [9.17, 15) is 0 Å². The van der Waals surface area contributed by atoms with Crippen molar-refractivity contribution >= 4 is 0 Å². The Morgan fingerprint density at radius 1 is 1.25 bits per heavy atom. The molecule has 0 unspecified atom stereocenters. The molecule has 0 aliphatic rings. The Bertz CT molecular complexity index is 462. The maximum Gasteiger partial charge on any atom is 0.122 e. The van der Waals surface area contributed by atoms with Crippen LogP contribution in [0.3, 0.4) is 0 Å². The smallest absolute Gasteiger partial charge is 0.122 e. The molecule has 2 rings (SSSR count). The molecule has 0 amide bonds. The lowest BCUT2D eigenvalue weighted by Gasteiger charge is -2.06. The van der Waals surface area contributed by atoms with E-state index in [-0.39, 0.29) is 0 Å². The van der Waals surface area contributed by atoms with Gasteiger partial charge in [-0.2, -0.15) is 5.10 Å². The second-order valence-electron chi connectivity index (χ2n) is 3.85. The molecule has 0 aliphatic heterocycles. The van der Waals surface area contributed by atoms with Crippen molar-refractivity contribution in [2.75, 3.05) is 7.11 Å². The molecule has 1 aromatic carbocycles. The van der Waals surface area contributed by atoms with Crippen molar-refractivity contribution in [2.45, 2.75) is 19.8 Å². The summed E-state index contributed by atoms with van der Waals surface area (Å²) < 4.78 is 5.31. The van der Waals surface area contributed by atoms with Crippen LogP contribution >= 0.6 is 0 Å². The van der Waals surface area contributed by atoms with Crippen molar-refractivity contribution in [1.29, 1.82) is 0 Å². The minimum atomic E-state index is 0.935. The highest BCUT2D eigenvalue weighted by Crippen LogP contribution is 2.19. The van der Waals surface area contributed by atoms with Gasteiger partial charge in [-0.1, -0.05) is 18.2 Å². The molecule has 0 fully saturated rings. The van der Waals surface area contributed by atoms with Crippen molar-refractivity contribution in [3.05, 3.63) is 47.3 Å². The quantitative estimate of drug-likeness (QED) is 0.852. The number of hydrogen-bond acceptors (Lipinski definition) is 2. The third kappa shape index (κ3) is 2.42. The number of rotatable bonds is 4. The van der Waals surface area contributed by atoms with Crippen LogP contribution in [0.25, 0.3) is 0 Å². The zero-order valence-corrected chi connectivity index (χ0v) is 9.66. The number of hydrogen-bond donors (Lipinski definition) is 1. The van der Waals surface area contributed by atoms with Gasteiger partial charge in [0.15, 0.2) is 0 Å². The summed E-state index contributed by atoms with van der Waals surface area (Å²) in [6, 6.07) is 10.2. The molecular weight excluding hydrogens is 200 g/mol. The average molecular weight is 216 g/mol. The van der Waals surface area contributed by atoms with E-state index >= 15 is 0 Å². The number of aromatic amines is 1. The summed E-state index contributed by atoms with van der Waals surface area (Å²) in [5.41, 5.74) is 3.43. The Kier molecular flexibility index (Phi) is 3.25. The first kappa shape index (κ1) is 10.7. The number of nitrogens with zero attached hydrogens (tertiary/aromatic N) is 1.